The summed E-state index contributed by atoms with van der Waals surface area (Å²) in [5.41, 5.74) is 5.77. The van der Waals surface area contributed by atoms with Gasteiger partial charge in [0.2, 0.25) is 5.28 Å². The zero-order valence-electron chi connectivity index (χ0n) is 15.4. The van der Waals surface area contributed by atoms with E-state index in [9.17, 15) is 0 Å². The van der Waals surface area contributed by atoms with Crippen molar-refractivity contribution >= 4 is 17.2 Å². The SMILES string of the molecule is CC.CC.CCc1ccccc1C(=C(C)C)c1ccnc(Cl)n1. The highest BCUT2D eigenvalue weighted by molar-refractivity contribution is 6.28. The van der Waals surface area contributed by atoms with Crippen molar-refractivity contribution in [3.8, 4) is 0 Å². The summed E-state index contributed by atoms with van der Waals surface area (Å²) in [5.74, 6) is 0. The monoisotopic (exact) mass is 332 g/mol. The molecule has 1 aromatic heterocycles. The molecule has 2 aromatic rings. The van der Waals surface area contributed by atoms with Crippen molar-refractivity contribution in [2.24, 2.45) is 0 Å². The summed E-state index contributed by atoms with van der Waals surface area (Å²) < 4.78 is 0. The summed E-state index contributed by atoms with van der Waals surface area (Å²) >= 11 is 5.91. The molecular formula is C20H29ClN2. The van der Waals surface area contributed by atoms with E-state index in [1.165, 1.54) is 16.7 Å². The summed E-state index contributed by atoms with van der Waals surface area (Å²) in [5, 5.41) is 0.283. The molecule has 0 bridgehead atoms. The summed E-state index contributed by atoms with van der Waals surface area (Å²) in [6, 6.07) is 10.3. The highest BCUT2D eigenvalue weighted by atomic mass is 35.5. The highest BCUT2D eigenvalue weighted by Gasteiger charge is 2.12. The minimum Gasteiger partial charge on any atom is -0.226 e. The molecule has 0 radical (unpaired) electrons. The van der Waals surface area contributed by atoms with E-state index in [1.807, 2.05) is 33.8 Å². The number of nitrogens with zero attached hydrogens (tertiary/aromatic N) is 2. The van der Waals surface area contributed by atoms with Gasteiger partial charge in [0.05, 0.1) is 5.69 Å². The van der Waals surface area contributed by atoms with Crippen LogP contribution in [0.3, 0.4) is 0 Å². The summed E-state index contributed by atoms with van der Waals surface area (Å²) in [7, 11) is 0. The molecule has 2 rings (SSSR count). The lowest BCUT2D eigenvalue weighted by molar-refractivity contribution is 1.11. The predicted octanol–water partition coefficient (Wildman–Crippen LogP) is 6.59. The maximum atomic E-state index is 5.91. The summed E-state index contributed by atoms with van der Waals surface area (Å²) in [6.07, 6.45) is 2.69. The van der Waals surface area contributed by atoms with Gasteiger partial charge in [-0.2, -0.15) is 0 Å². The van der Waals surface area contributed by atoms with Crippen LogP contribution in [-0.2, 0) is 6.42 Å². The third-order valence-electron chi connectivity index (χ3n) is 3.05. The van der Waals surface area contributed by atoms with Crippen molar-refractivity contribution in [1.29, 1.82) is 0 Å². The van der Waals surface area contributed by atoms with Gasteiger partial charge in [-0.3, -0.25) is 0 Å². The fraction of sp³-hybridized carbons (Fsp3) is 0.400. The van der Waals surface area contributed by atoms with E-state index in [2.05, 4.69) is 55.0 Å². The first kappa shape index (κ1) is 21.3. The number of allylic oxidation sites excluding steroid dienone is 1. The third-order valence-corrected chi connectivity index (χ3v) is 3.23. The normalized spacial score (nSPS) is 9.04. The third kappa shape index (κ3) is 6.15. The number of hydrogen-bond acceptors (Lipinski definition) is 2. The average Bonchev–Trinajstić information content (AvgIpc) is 2.59. The first-order valence-electron chi connectivity index (χ1n) is 8.38. The minimum atomic E-state index is 0.283. The van der Waals surface area contributed by atoms with Gasteiger partial charge < -0.3 is 0 Å². The van der Waals surface area contributed by atoms with Crippen molar-refractivity contribution in [2.45, 2.75) is 54.9 Å². The standard InChI is InChI=1S/C16H17ClN2.2C2H6/c1-4-12-7-5-6-8-13(12)15(11(2)3)14-9-10-18-16(17)19-14;2*1-2/h5-10H,4H2,1-3H3;2*1-2H3. The van der Waals surface area contributed by atoms with Crippen molar-refractivity contribution in [3.63, 3.8) is 0 Å². The fourth-order valence-electron chi connectivity index (χ4n) is 2.21. The number of rotatable bonds is 3. The molecule has 0 aliphatic heterocycles. The Balaban J connectivity index is 0.00000112. The van der Waals surface area contributed by atoms with E-state index in [4.69, 9.17) is 11.6 Å². The molecule has 3 heteroatoms. The van der Waals surface area contributed by atoms with Gasteiger partial charge in [-0.15, -0.1) is 0 Å². The molecule has 0 fully saturated rings. The van der Waals surface area contributed by atoms with E-state index in [0.29, 0.717) is 0 Å². The van der Waals surface area contributed by atoms with Crippen LogP contribution >= 0.6 is 11.6 Å². The molecule has 0 aliphatic rings. The summed E-state index contributed by atoms with van der Waals surface area (Å²) in [6.45, 7) is 14.4. The van der Waals surface area contributed by atoms with Crippen LogP contribution in [0.15, 0.2) is 42.1 Å². The molecule has 1 heterocycles. The Bertz CT molecular complexity index is 615. The molecule has 126 valence electrons. The predicted molar refractivity (Wildman–Crippen MR) is 103 cm³/mol. The highest BCUT2D eigenvalue weighted by Crippen LogP contribution is 2.28. The Labute approximate surface area is 146 Å². The molecule has 0 atom stereocenters. The number of hydrogen-bond donors (Lipinski definition) is 0. The van der Waals surface area contributed by atoms with Crippen molar-refractivity contribution in [1.82, 2.24) is 9.97 Å². The fourth-order valence-corrected chi connectivity index (χ4v) is 2.36. The van der Waals surface area contributed by atoms with Gasteiger partial charge in [-0.1, -0.05) is 64.5 Å². The van der Waals surface area contributed by atoms with E-state index in [-0.39, 0.29) is 5.28 Å². The first-order chi connectivity index (χ1) is 11.1. The molecule has 0 amide bonds. The molecule has 0 aliphatic carbocycles. The van der Waals surface area contributed by atoms with Crippen LogP contribution in [-0.4, -0.2) is 9.97 Å². The Kier molecular flexibility index (Phi) is 11.0. The molecule has 23 heavy (non-hydrogen) atoms. The number of aryl methyl sites for hydroxylation is 1. The lowest BCUT2D eigenvalue weighted by Gasteiger charge is -2.14. The van der Waals surface area contributed by atoms with Crippen LogP contribution in [0.4, 0.5) is 0 Å². The molecule has 2 nitrogen and oxygen atoms in total. The van der Waals surface area contributed by atoms with Crippen LogP contribution in [0, 0.1) is 0 Å². The second-order valence-corrected chi connectivity index (χ2v) is 4.93. The van der Waals surface area contributed by atoms with Crippen LogP contribution in [0.1, 0.15) is 65.3 Å². The largest absolute Gasteiger partial charge is 0.226 e. The average molecular weight is 333 g/mol. The van der Waals surface area contributed by atoms with Gasteiger partial charge >= 0.3 is 0 Å². The van der Waals surface area contributed by atoms with Gasteiger partial charge in [0, 0.05) is 11.8 Å². The quantitative estimate of drug-likeness (QED) is 0.593. The number of benzene rings is 1. The van der Waals surface area contributed by atoms with Gasteiger partial charge in [-0.05, 0) is 49.1 Å². The number of aromatic nitrogens is 2. The number of halogens is 1. The molecule has 0 N–H and O–H groups in total. The van der Waals surface area contributed by atoms with Gasteiger partial charge in [0.1, 0.15) is 0 Å². The smallest absolute Gasteiger partial charge is 0.222 e. The van der Waals surface area contributed by atoms with E-state index in [0.717, 1.165) is 17.7 Å². The second kappa shape index (κ2) is 11.8. The first-order valence-corrected chi connectivity index (χ1v) is 8.76. The Morgan fingerprint density at radius 1 is 1.00 bits per heavy atom. The van der Waals surface area contributed by atoms with Gasteiger partial charge in [-0.25, -0.2) is 9.97 Å². The lowest BCUT2D eigenvalue weighted by Crippen LogP contribution is -1.99. The molecule has 0 saturated heterocycles. The zero-order valence-corrected chi connectivity index (χ0v) is 16.2. The van der Waals surface area contributed by atoms with Gasteiger partial charge in [0.25, 0.3) is 0 Å². The van der Waals surface area contributed by atoms with Crippen LogP contribution in [0.2, 0.25) is 5.28 Å². The van der Waals surface area contributed by atoms with E-state index >= 15 is 0 Å². The van der Waals surface area contributed by atoms with Crippen molar-refractivity contribution in [3.05, 3.63) is 64.2 Å². The van der Waals surface area contributed by atoms with Crippen LogP contribution in [0.5, 0.6) is 0 Å². The second-order valence-electron chi connectivity index (χ2n) is 4.60. The molecule has 0 spiro atoms. The van der Waals surface area contributed by atoms with E-state index < -0.39 is 0 Å². The minimum absolute atomic E-state index is 0.283. The van der Waals surface area contributed by atoms with Crippen molar-refractivity contribution < 1.29 is 0 Å². The van der Waals surface area contributed by atoms with E-state index in [1.54, 1.807) is 6.20 Å². The molecule has 0 saturated carbocycles. The molecular weight excluding hydrogens is 304 g/mol. The van der Waals surface area contributed by atoms with Crippen molar-refractivity contribution in [2.75, 3.05) is 0 Å². The molecule has 1 aromatic carbocycles. The topological polar surface area (TPSA) is 25.8 Å². The zero-order chi connectivity index (χ0) is 17.8. The lowest BCUT2D eigenvalue weighted by atomic mass is 9.93. The summed E-state index contributed by atoms with van der Waals surface area (Å²) in [4.78, 5) is 8.29. The molecule has 0 unspecified atom stereocenters. The maximum absolute atomic E-state index is 5.91. The van der Waals surface area contributed by atoms with Crippen LogP contribution < -0.4 is 0 Å². The van der Waals surface area contributed by atoms with Gasteiger partial charge in [0.15, 0.2) is 0 Å². The Hall–Kier alpha value is -1.67. The Morgan fingerprint density at radius 2 is 1.61 bits per heavy atom. The Morgan fingerprint density at radius 3 is 2.13 bits per heavy atom. The van der Waals surface area contributed by atoms with Crippen LogP contribution in [0.25, 0.3) is 5.57 Å². The maximum Gasteiger partial charge on any atom is 0.222 e.